The lowest BCUT2D eigenvalue weighted by Gasteiger charge is -2.19. The van der Waals surface area contributed by atoms with E-state index in [0.29, 0.717) is 23.3 Å². The number of likely N-dealkylation sites (tertiary alicyclic amines) is 1. The number of aromatic nitrogens is 1. The summed E-state index contributed by atoms with van der Waals surface area (Å²) in [5, 5.41) is 9.13. The maximum atomic E-state index is 12.2. The molecule has 1 saturated heterocycles. The second kappa shape index (κ2) is 4.68. The molecule has 0 radical (unpaired) electrons. The van der Waals surface area contributed by atoms with Crippen molar-refractivity contribution in [2.24, 2.45) is 5.41 Å². The van der Waals surface area contributed by atoms with Crippen molar-refractivity contribution in [1.29, 1.82) is 0 Å². The fourth-order valence-corrected chi connectivity index (χ4v) is 2.34. The van der Waals surface area contributed by atoms with Crippen LogP contribution in [0.4, 0.5) is 0 Å². The molecule has 1 atom stereocenters. The van der Waals surface area contributed by atoms with E-state index in [1.54, 1.807) is 30.0 Å². The molecule has 18 heavy (non-hydrogen) atoms. The Bertz CT molecular complexity index is 506. The first-order valence-corrected chi connectivity index (χ1v) is 6.37. The number of halogens is 1. The number of carbonyl (C=O) groups excluding carboxylic acids is 1. The topological polar surface area (TPSA) is 70.5 Å². The van der Waals surface area contributed by atoms with Gasteiger partial charge in [-0.3, -0.25) is 9.59 Å². The molecular formula is C12H13BrN2O3. The Balaban J connectivity index is 2.15. The predicted molar refractivity (Wildman–Crippen MR) is 68.2 cm³/mol. The van der Waals surface area contributed by atoms with Crippen LogP contribution in [0.3, 0.4) is 0 Å². The minimum Gasteiger partial charge on any atom is -0.481 e. The summed E-state index contributed by atoms with van der Waals surface area (Å²) in [6.07, 6.45) is 0.474. The van der Waals surface area contributed by atoms with Crippen molar-refractivity contribution in [2.45, 2.75) is 13.3 Å². The number of rotatable bonds is 2. The number of nitrogens with zero attached hydrogens (tertiary/aromatic N) is 2. The SMILES string of the molecule is CC1(C(=O)O)CCN(C(=O)c2cccc(Br)n2)C1. The molecule has 0 aromatic carbocycles. The van der Waals surface area contributed by atoms with E-state index in [0.717, 1.165) is 0 Å². The molecule has 1 aliphatic rings. The quantitative estimate of drug-likeness (QED) is 0.845. The molecule has 2 rings (SSSR count). The molecule has 1 amide bonds. The summed E-state index contributed by atoms with van der Waals surface area (Å²) in [7, 11) is 0. The van der Waals surface area contributed by atoms with E-state index in [4.69, 9.17) is 5.11 Å². The minimum atomic E-state index is -0.861. The highest BCUT2D eigenvalue weighted by Crippen LogP contribution is 2.30. The molecule has 0 saturated carbocycles. The van der Waals surface area contributed by atoms with E-state index >= 15 is 0 Å². The summed E-state index contributed by atoms with van der Waals surface area (Å²) in [4.78, 5) is 28.9. The molecule has 0 bridgehead atoms. The highest BCUT2D eigenvalue weighted by molar-refractivity contribution is 9.10. The van der Waals surface area contributed by atoms with Crippen LogP contribution in [0.25, 0.3) is 0 Å². The highest BCUT2D eigenvalue weighted by Gasteiger charge is 2.42. The zero-order chi connectivity index (χ0) is 13.3. The number of carbonyl (C=O) groups is 2. The third-order valence-corrected chi connectivity index (χ3v) is 3.65. The molecule has 1 aromatic heterocycles. The van der Waals surface area contributed by atoms with Crippen LogP contribution in [0, 0.1) is 5.41 Å². The van der Waals surface area contributed by atoms with Crippen molar-refractivity contribution in [3.8, 4) is 0 Å². The Morgan fingerprint density at radius 3 is 2.78 bits per heavy atom. The summed E-state index contributed by atoms with van der Waals surface area (Å²) in [6.45, 7) is 2.35. The molecule has 6 heteroatoms. The number of hydrogen-bond donors (Lipinski definition) is 1. The van der Waals surface area contributed by atoms with E-state index in [9.17, 15) is 9.59 Å². The van der Waals surface area contributed by atoms with Crippen molar-refractivity contribution in [1.82, 2.24) is 9.88 Å². The number of pyridine rings is 1. The van der Waals surface area contributed by atoms with Crippen molar-refractivity contribution in [3.05, 3.63) is 28.5 Å². The first kappa shape index (κ1) is 13.0. The lowest BCUT2D eigenvalue weighted by atomic mass is 9.90. The van der Waals surface area contributed by atoms with Gasteiger partial charge in [0.05, 0.1) is 5.41 Å². The van der Waals surface area contributed by atoms with Crippen LogP contribution in [0.15, 0.2) is 22.8 Å². The third-order valence-electron chi connectivity index (χ3n) is 3.21. The second-order valence-corrected chi connectivity index (χ2v) is 5.50. The Morgan fingerprint density at radius 1 is 1.50 bits per heavy atom. The van der Waals surface area contributed by atoms with Gasteiger partial charge < -0.3 is 10.0 Å². The Kier molecular flexibility index (Phi) is 3.38. The fourth-order valence-electron chi connectivity index (χ4n) is 2.00. The average molecular weight is 313 g/mol. The van der Waals surface area contributed by atoms with Gasteiger partial charge in [-0.15, -0.1) is 0 Å². The second-order valence-electron chi connectivity index (χ2n) is 4.69. The minimum absolute atomic E-state index is 0.221. The smallest absolute Gasteiger partial charge is 0.311 e. The zero-order valence-electron chi connectivity index (χ0n) is 9.89. The van der Waals surface area contributed by atoms with Crippen LogP contribution in [0.2, 0.25) is 0 Å². The van der Waals surface area contributed by atoms with Gasteiger partial charge in [-0.2, -0.15) is 0 Å². The lowest BCUT2D eigenvalue weighted by molar-refractivity contribution is -0.147. The number of carboxylic acid groups (broad SMARTS) is 1. The van der Waals surface area contributed by atoms with E-state index in [1.165, 1.54) is 0 Å². The summed E-state index contributed by atoms with van der Waals surface area (Å²) in [5.74, 6) is -1.08. The maximum Gasteiger partial charge on any atom is 0.311 e. The van der Waals surface area contributed by atoms with Gasteiger partial charge in [-0.25, -0.2) is 4.98 Å². The molecule has 2 heterocycles. The van der Waals surface area contributed by atoms with Gasteiger partial charge in [0.2, 0.25) is 0 Å². The number of carboxylic acids is 1. The van der Waals surface area contributed by atoms with Crippen LogP contribution in [0.5, 0.6) is 0 Å². The van der Waals surface area contributed by atoms with Crippen LogP contribution >= 0.6 is 15.9 Å². The Morgan fingerprint density at radius 2 is 2.22 bits per heavy atom. The monoisotopic (exact) mass is 312 g/mol. The third kappa shape index (κ3) is 2.38. The molecule has 5 nitrogen and oxygen atoms in total. The number of hydrogen-bond acceptors (Lipinski definition) is 3. The fraction of sp³-hybridized carbons (Fsp3) is 0.417. The molecule has 1 fully saturated rings. The lowest BCUT2D eigenvalue weighted by Crippen LogP contribution is -2.35. The van der Waals surface area contributed by atoms with E-state index < -0.39 is 11.4 Å². The van der Waals surface area contributed by atoms with Crippen LogP contribution in [-0.2, 0) is 4.79 Å². The first-order chi connectivity index (χ1) is 8.42. The molecule has 1 N–H and O–H groups in total. The molecule has 1 aliphatic heterocycles. The molecule has 0 aliphatic carbocycles. The van der Waals surface area contributed by atoms with Gasteiger partial charge in [-0.05, 0) is 41.4 Å². The van der Waals surface area contributed by atoms with Gasteiger partial charge in [0.25, 0.3) is 5.91 Å². The summed E-state index contributed by atoms with van der Waals surface area (Å²) in [6, 6.07) is 5.10. The Hall–Kier alpha value is -1.43. The number of amides is 1. The molecule has 0 spiro atoms. The van der Waals surface area contributed by atoms with Crippen molar-refractivity contribution in [2.75, 3.05) is 13.1 Å². The Labute approximate surface area is 113 Å². The summed E-state index contributed by atoms with van der Waals surface area (Å²) in [5.41, 5.74) is -0.513. The highest BCUT2D eigenvalue weighted by atomic mass is 79.9. The van der Waals surface area contributed by atoms with Gasteiger partial charge in [0.1, 0.15) is 10.3 Å². The van der Waals surface area contributed by atoms with E-state index in [2.05, 4.69) is 20.9 Å². The number of aliphatic carboxylic acids is 1. The molecule has 1 unspecified atom stereocenters. The molecule has 96 valence electrons. The van der Waals surface area contributed by atoms with Gasteiger partial charge in [-0.1, -0.05) is 6.07 Å². The zero-order valence-corrected chi connectivity index (χ0v) is 11.5. The largest absolute Gasteiger partial charge is 0.481 e. The van der Waals surface area contributed by atoms with Gasteiger partial charge >= 0.3 is 5.97 Å². The first-order valence-electron chi connectivity index (χ1n) is 5.58. The molecule has 1 aromatic rings. The summed E-state index contributed by atoms with van der Waals surface area (Å²) < 4.78 is 0.591. The standard InChI is InChI=1S/C12H13BrN2O3/c1-12(11(17)18)5-6-15(7-12)10(16)8-3-2-4-9(13)14-8/h2-4H,5-7H2,1H3,(H,17,18). The average Bonchev–Trinajstić information content (AvgIpc) is 2.72. The van der Waals surface area contributed by atoms with Crippen LogP contribution in [0.1, 0.15) is 23.8 Å². The maximum absolute atomic E-state index is 12.2. The normalized spacial score (nSPS) is 23.1. The van der Waals surface area contributed by atoms with Gasteiger partial charge in [0, 0.05) is 13.1 Å². The van der Waals surface area contributed by atoms with Crippen LogP contribution in [-0.4, -0.2) is 40.0 Å². The van der Waals surface area contributed by atoms with Crippen molar-refractivity contribution >= 4 is 27.8 Å². The van der Waals surface area contributed by atoms with E-state index in [-0.39, 0.29) is 12.5 Å². The summed E-state index contributed by atoms with van der Waals surface area (Å²) >= 11 is 3.21. The van der Waals surface area contributed by atoms with Crippen molar-refractivity contribution in [3.63, 3.8) is 0 Å². The van der Waals surface area contributed by atoms with Crippen LogP contribution < -0.4 is 0 Å². The molecular weight excluding hydrogens is 300 g/mol. The van der Waals surface area contributed by atoms with Gasteiger partial charge in [0.15, 0.2) is 0 Å². The van der Waals surface area contributed by atoms with Crippen molar-refractivity contribution < 1.29 is 14.7 Å². The predicted octanol–water partition coefficient (Wildman–Crippen LogP) is 1.78. The van der Waals surface area contributed by atoms with E-state index in [1.807, 2.05) is 0 Å².